The van der Waals surface area contributed by atoms with Crippen LogP contribution in [0.3, 0.4) is 0 Å². The standard InChI is InChI=1S/C20H24N4O2/c25-19(21-15-7-3-1-4-8-15)23-17-11-13-18(14-12-17)24-20(26)22-16-9-5-2-6-10-16/h1,3-4,7-8,11-14,16H,2,5-6,9-10H2,(H2,21,23,25)(H2,22,24,26). The van der Waals surface area contributed by atoms with Crippen molar-refractivity contribution < 1.29 is 9.59 Å². The minimum absolute atomic E-state index is 0.181. The SMILES string of the molecule is O=C(Nc1ccccc1)Nc1ccc(NC(=O)NC2CCCCC2)cc1. The zero-order valence-electron chi connectivity index (χ0n) is 14.6. The molecule has 0 unspecified atom stereocenters. The van der Waals surface area contributed by atoms with E-state index in [1.807, 2.05) is 30.3 Å². The van der Waals surface area contributed by atoms with Crippen LogP contribution in [-0.2, 0) is 0 Å². The quantitative estimate of drug-likeness (QED) is 0.638. The minimum Gasteiger partial charge on any atom is -0.335 e. The molecule has 2 aromatic rings. The first-order chi connectivity index (χ1) is 12.7. The Bertz CT molecular complexity index is 725. The molecule has 0 heterocycles. The predicted octanol–water partition coefficient (Wildman–Crippen LogP) is 4.78. The zero-order chi connectivity index (χ0) is 18.2. The van der Waals surface area contributed by atoms with Crippen LogP contribution in [0.1, 0.15) is 32.1 Å². The van der Waals surface area contributed by atoms with E-state index in [0.717, 1.165) is 18.5 Å². The molecule has 0 aliphatic heterocycles. The summed E-state index contributed by atoms with van der Waals surface area (Å²) in [4.78, 5) is 24.0. The van der Waals surface area contributed by atoms with Gasteiger partial charge >= 0.3 is 12.1 Å². The summed E-state index contributed by atoms with van der Waals surface area (Å²) in [5.41, 5.74) is 2.06. The summed E-state index contributed by atoms with van der Waals surface area (Å²) in [5, 5.41) is 11.4. The third-order valence-electron chi connectivity index (χ3n) is 4.37. The van der Waals surface area contributed by atoms with Crippen LogP contribution in [0.4, 0.5) is 26.7 Å². The maximum Gasteiger partial charge on any atom is 0.323 e. The Labute approximate surface area is 153 Å². The van der Waals surface area contributed by atoms with Gasteiger partial charge in [0.15, 0.2) is 0 Å². The topological polar surface area (TPSA) is 82.3 Å². The van der Waals surface area contributed by atoms with Gasteiger partial charge in [0.1, 0.15) is 0 Å². The molecule has 0 radical (unpaired) electrons. The fourth-order valence-corrected chi connectivity index (χ4v) is 3.05. The largest absolute Gasteiger partial charge is 0.335 e. The minimum atomic E-state index is -0.313. The first-order valence-electron chi connectivity index (χ1n) is 9.00. The second-order valence-electron chi connectivity index (χ2n) is 6.46. The van der Waals surface area contributed by atoms with Gasteiger partial charge in [-0.15, -0.1) is 0 Å². The number of carbonyl (C=O) groups excluding carboxylic acids is 2. The molecule has 4 N–H and O–H groups in total. The fourth-order valence-electron chi connectivity index (χ4n) is 3.05. The molecule has 1 fully saturated rings. The summed E-state index contributed by atoms with van der Waals surface area (Å²) in [6, 6.07) is 16.0. The lowest BCUT2D eigenvalue weighted by atomic mass is 9.96. The normalized spacial score (nSPS) is 14.3. The van der Waals surface area contributed by atoms with E-state index in [4.69, 9.17) is 0 Å². The van der Waals surface area contributed by atoms with Gasteiger partial charge in [-0.1, -0.05) is 37.5 Å². The van der Waals surface area contributed by atoms with Crippen LogP contribution in [-0.4, -0.2) is 18.1 Å². The number of benzene rings is 2. The first-order valence-corrected chi connectivity index (χ1v) is 9.00. The van der Waals surface area contributed by atoms with Crippen LogP contribution < -0.4 is 21.3 Å². The Balaban J connectivity index is 1.46. The Morgan fingerprint density at radius 2 is 1.15 bits per heavy atom. The molecule has 6 nitrogen and oxygen atoms in total. The molecule has 4 amide bonds. The molecule has 6 heteroatoms. The van der Waals surface area contributed by atoms with Crippen LogP contribution in [0.25, 0.3) is 0 Å². The zero-order valence-corrected chi connectivity index (χ0v) is 14.6. The third kappa shape index (κ3) is 5.51. The van der Waals surface area contributed by atoms with Gasteiger partial charge in [0.2, 0.25) is 0 Å². The molecular weight excluding hydrogens is 328 g/mol. The van der Waals surface area contributed by atoms with Gasteiger partial charge in [0.25, 0.3) is 0 Å². The number of anilines is 3. The van der Waals surface area contributed by atoms with Gasteiger partial charge in [-0.2, -0.15) is 0 Å². The smallest absolute Gasteiger partial charge is 0.323 e. The van der Waals surface area contributed by atoms with Crippen LogP contribution in [0.15, 0.2) is 54.6 Å². The Kier molecular flexibility index (Phi) is 6.09. The molecule has 136 valence electrons. The number of carbonyl (C=O) groups is 2. The van der Waals surface area contributed by atoms with E-state index >= 15 is 0 Å². The maximum absolute atomic E-state index is 12.0. The van der Waals surface area contributed by atoms with Crippen molar-refractivity contribution in [2.45, 2.75) is 38.1 Å². The lowest BCUT2D eigenvalue weighted by Crippen LogP contribution is -2.38. The number of urea groups is 2. The van der Waals surface area contributed by atoms with E-state index < -0.39 is 0 Å². The van der Waals surface area contributed by atoms with Gasteiger partial charge in [-0.25, -0.2) is 9.59 Å². The molecule has 0 aromatic heterocycles. The molecule has 3 rings (SSSR count). The molecule has 1 aliphatic rings. The Morgan fingerprint density at radius 1 is 0.654 bits per heavy atom. The van der Waals surface area contributed by atoms with E-state index in [-0.39, 0.29) is 18.1 Å². The summed E-state index contributed by atoms with van der Waals surface area (Å²) < 4.78 is 0. The number of hydrogen-bond donors (Lipinski definition) is 4. The summed E-state index contributed by atoms with van der Waals surface area (Å²) in [7, 11) is 0. The number of amides is 4. The molecule has 26 heavy (non-hydrogen) atoms. The van der Waals surface area contributed by atoms with Gasteiger partial charge in [-0.05, 0) is 49.2 Å². The highest BCUT2D eigenvalue weighted by molar-refractivity contribution is 6.00. The average Bonchev–Trinajstić information content (AvgIpc) is 2.65. The van der Waals surface area contributed by atoms with Crippen LogP contribution >= 0.6 is 0 Å². The molecule has 2 aromatic carbocycles. The molecular formula is C20H24N4O2. The van der Waals surface area contributed by atoms with Crippen LogP contribution in [0, 0.1) is 0 Å². The second-order valence-corrected chi connectivity index (χ2v) is 6.46. The summed E-state index contributed by atoms with van der Waals surface area (Å²) >= 11 is 0. The van der Waals surface area contributed by atoms with Crippen molar-refractivity contribution in [3.05, 3.63) is 54.6 Å². The van der Waals surface area contributed by atoms with Gasteiger partial charge in [-0.3, -0.25) is 0 Å². The van der Waals surface area contributed by atoms with Crippen molar-refractivity contribution in [2.75, 3.05) is 16.0 Å². The van der Waals surface area contributed by atoms with E-state index in [2.05, 4.69) is 21.3 Å². The van der Waals surface area contributed by atoms with Crippen molar-refractivity contribution in [3.63, 3.8) is 0 Å². The average molecular weight is 352 g/mol. The summed E-state index contributed by atoms with van der Waals surface area (Å²) in [6.45, 7) is 0. The van der Waals surface area contributed by atoms with Gasteiger partial charge in [0.05, 0.1) is 0 Å². The molecule has 0 spiro atoms. The monoisotopic (exact) mass is 352 g/mol. The summed E-state index contributed by atoms with van der Waals surface area (Å²) in [6.07, 6.45) is 5.71. The number of nitrogens with one attached hydrogen (secondary N) is 4. The summed E-state index contributed by atoms with van der Waals surface area (Å²) in [5.74, 6) is 0. The van der Waals surface area contributed by atoms with E-state index in [0.29, 0.717) is 11.4 Å². The molecule has 0 bridgehead atoms. The Hall–Kier alpha value is -3.02. The lowest BCUT2D eigenvalue weighted by molar-refractivity contribution is 0.244. The Morgan fingerprint density at radius 3 is 1.73 bits per heavy atom. The highest BCUT2D eigenvalue weighted by atomic mass is 16.2. The molecule has 1 aliphatic carbocycles. The lowest BCUT2D eigenvalue weighted by Gasteiger charge is -2.22. The highest BCUT2D eigenvalue weighted by Crippen LogP contribution is 2.18. The second kappa shape index (κ2) is 8.89. The van der Waals surface area contributed by atoms with Crippen molar-refractivity contribution in [2.24, 2.45) is 0 Å². The van der Waals surface area contributed by atoms with E-state index in [1.165, 1.54) is 19.3 Å². The van der Waals surface area contributed by atoms with Crippen molar-refractivity contribution in [1.29, 1.82) is 0 Å². The van der Waals surface area contributed by atoms with Crippen molar-refractivity contribution in [1.82, 2.24) is 5.32 Å². The van der Waals surface area contributed by atoms with Crippen LogP contribution in [0.2, 0.25) is 0 Å². The first kappa shape index (κ1) is 17.8. The molecule has 1 saturated carbocycles. The van der Waals surface area contributed by atoms with Crippen molar-refractivity contribution in [3.8, 4) is 0 Å². The van der Waals surface area contributed by atoms with Gasteiger partial charge in [0, 0.05) is 23.1 Å². The number of para-hydroxylation sites is 1. The third-order valence-corrected chi connectivity index (χ3v) is 4.37. The van der Waals surface area contributed by atoms with Crippen molar-refractivity contribution >= 4 is 29.1 Å². The van der Waals surface area contributed by atoms with E-state index in [1.54, 1.807) is 24.3 Å². The van der Waals surface area contributed by atoms with Crippen LogP contribution in [0.5, 0.6) is 0 Å². The molecule has 0 saturated heterocycles. The number of rotatable bonds is 4. The van der Waals surface area contributed by atoms with E-state index in [9.17, 15) is 9.59 Å². The predicted molar refractivity (Wildman–Crippen MR) is 105 cm³/mol. The molecule has 0 atom stereocenters. The maximum atomic E-state index is 12.0. The fraction of sp³-hybridized carbons (Fsp3) is 0.300. The highest BCUT2D eigenvalue weighted by Gasteiger charge is 2.15. The number of hydrogen-bond acceptors (Lipinski definition) is 2. The van der Waals surface area contributed by atoms with Gasteiger partial charge < -0.3 is 21.3 Å².